The molecule has 53 heavy (non-hydrogen) atoms. The fraction of sp³-hybridized carbons (Fsp3) is 0.512. The van der Waals surface area contributed by atoms with Gasteiger partial charge < -0.3 is 24.4 Å². The maximum absolute atomic E-state index is 13.3. The summed E-state index contributed by atoms with van der Waals surface area (Å²) in [5.74, 6) is 1.11. The third kappa shape index (κ3) is 6.92. The molecule has 1 saturated heterocycles. The molecule has 0 aromatic heterocycles. The minimum Gasteiger partial charge on any atom is -0.485 e. The van der Waals surface area contributed by atoms with E-state index in [0.29, 0.717) is 29.1 Å². The number of esters is 1. The first-order chi connectivity index (χ1) is 25.7. The molecule has 7 atom stereocenters. The van der Waals surface area contributed by atoms with Crippen molar-refractivity contribution in [2.24, 2.45) is 23.7 Å². The predicted molar refractivity (Wildman–Crippen MR) is 201 cm³/mol. The summed E-state index contributed by atoms with van der Waals surface area (Å²) < 4.78 is 18.3. The van der Waals surface area contributed by atoms with Crippen LogP contribution in [0.2, 0.25) is 0 Å². The Labute approximate surface area is 311 Å². The Morgan fingerprint density at radius 3 is 2.40 bits per heavy atom. The second kappa shape index (κ2) is 15.1. The number of piperidine rings is 1. The molecule has 2 bridgehead atoms. The van der Waals surface area contributed by atoms with Crippen molar-refractivity contribution in [3.63, 3.8) is 0 Å². The summed E-state index contributed by atoms with van der Waals surface area (Å²) in [4.78, 5) is 39.8. The van der Waals surface area contributed by atoms with E-state index in [1.54, 1.807) is 12.1 Å². The van der Waals surface area contributed by atoms with Gasteiger partial charge >= 0.3 is 18.0 Å². The topological polar surface area (TPSA) is 135 Å². The second-order valence-electron chi connectivity index (χ2n) is 15.4. The molecule has 0 radical (unpaired) electrons. The lowest BCUT2D eigenvalue weighted by molar-refractivity contribution is -0.117. The molecule has 2 heterocycles. The molecule has 10 nitrogen and oxygen atoms in total. The molecule has 2 saturated carbocycles. The van der Waals surface area contributed by atoms with E-state index in [1.807, 2.05) is 19.9 Å². The monoisotopic (exact) mass is 724 g/mol. The van der Waals surface area contributed by atoms with Crippen LogP contribution in [-0.2, 0) is 11.8 Å². The van der Waals surface area contributed by atoms with Crippen molar-refractivity contribution in [1.29, 1.82) is 0 Å². The summed E-state index contributed by atoms with van der Waals surface area (Å²) in [6.45, 7) is 10.6. The molecule has 3 N–H and O–H groups in total. The number of carboxylic acids is 1. The summed E-state index contributed by atoms with van der Waals surface area (Å²) in [5.41, 5.74) is 3.14. The van der Waals surface area contributed by atoms with Crippen molar-refractivity contribution in [1.82, 2.24) is 4.90 Å². The highest BCUT2D eigenvalue weighted by atomic mass is 16.6. The average molecular weight is 725 g/mol. The zero-order valence-electron chi connectivity index (χ0n) is 31.2. The first kappa shape index (κ1) is 36.9. The molecular formula is C43H52N2O8. The van der Waals surface area contributed by atoms with Gasteiger partial charge in [-0.25, -0.2) is 14.4 Å². The lowest BCUT2D eigenvalue weighted by atomic mass is 9.47. The third-order valence-electron chi connectivity index (χ3n) is 12.4. The Morgan fingerprint density at radius 2 is 1.72 bits per heavy atom. The third-order valence-corrected chi connectivity index (χ3v) is 12.4. The van der Waals surface area contributed by atoms with E-state index in [1.165, 1.54) is 60.4 Å². The van der Waals surface area contributed by atoms with Gasteiger partial charge in [0.1, 0.15) is 11.9 Å². The van der Waals surface area contributed by atoms with Crippen LogP contribution < -0.4 is 19.5 Å². The van der Waals surface area contributed by atoms with E-state index < -0.39 is 18.0 Å². The quantitative estimate of drug-likeness (QED) is 0.132. The minimum absolute atomic E-state index is 0.0904. The number of aliphatic hydroxyl groups excluding tert-OH is 1. The van der Waals surface area contributed by atoms with Crippen molar-refractivity contribution in [2.75, 3.05) is 18.4 Å². The second-order valence-corrected chi connectivity index (χ2v) is 15.4. The summed E-state index contributed by atoms with van der Waals surface area (Å²) in [6, 6.07) is 16.2. The number of carbonyl (C=O) groups is 3. The van der Waals surface area contributed by atoms with Crippen LogP contribution in [0.25, 0.3) is 0 Å². The van der Waals surface area contributed by atoms with Crippen molar-refractivity contribution in [3.8, 4) is 17.2 Å². The zero-order chi connectivity index (χ0) is 37.4. The van der Waals surface area contributed by atoms with Crippen molar-refractivity contribution in [2.45, 2.75) is 103 Å². The lowest BCUT2D eigenvalue weighted by Gasteiger charge is -2.61. The highest BCUT2D eigenvalue weighted by Gasteiger charge is 2.67. The van der Waals surface area contributed by atoms with Gasteiger partial charge in [-0.1, -0.05) is 46.6 Å². The minimum atomic E-state index is -1.07. The fourth-order valence-electron chi connectivity index (χ4n) is 9.73. The van der Waals surface area contributed by atoms with E-state index in [0.717, 1.165) is 57.5 Å². The summed E-state index contributed by atoms with van der Waals surface area (Å²) in [6.07, 6.45) is 7.36. The van der Waals surface area contributed by atoms with Crippen LogP contribution in [0, 0.1) is 23.7 Å². The SMILES string of the molecule is CC.CCCC[C@@H](O)[C@@H]1CC2[C@@H]3Cc4ccc(OC(=O)Nc5ccc(C(=O)Oc6ccc(C(=O)O)cc6)cc5)c5c4[C@]2(CCN3CC2CC2)[C@H](O5)C1C. The summed E-state index contributed by atoms with van der Waals surface area (Å²) in [5, 5.41) is 23.3. The number of nitrogens with zero attached hydrogens (tertiary/aromatic N) is 1. The smallest absolute Gasteiger partial charge is 0.417 e. The van der Waals surface area contributed by atoms with Crippen LogP contribution in [0.3, 0.4) is 0 Å². The maximum Gasteiger partial charge on any atom is 0.417 e. The van der Waals surface area contributed by atoms with Gasteiger partial charge in [0.05, 0.1) is 17.2 Å². The first-order valence-electron chi connectivity index (χ1n) is 19.6. The Morgan fingerprint density at radius 1 is 1.00 bits per heavy atom. The Kier molecular flexibility index (Phi) is 10.6. The van der Waals surface area contributed by atoms with E-state index in [-0.39, 0.29) is 46.3 Å². The number of carboxylic acid groups (broad SMARTS) is 1. The van der Waals surface area contributed by atoms with Crippen LogP contribution >= 0.6 is 0 Å². The molecular weight excluding hydrogens is 672 g/mol. The van der Waals surface area contributed by atoms with E-state index in [4.69, 9.17) is 19.3 Å². The molecule has 3 aliphatic carbocycles. The van der Waals surface area contributed by atoms with Crippen LogP contribution in [0.5, 0.6) is 17.2 Å². The van der Waals surface area contributed by atoms with E-state index >= 15 is 0 Å². The van der Waals surface area contributed by atoms with Gasteiger partial charge in [0.2, 0.25) is 0 Å². The van der Waals surface area contributed by atoms with Crippen molar-refractivity contribution < 1.29 is 38.8 Å². The molecule has 3 fully saturated rings. The number of amides is 1. The molecule has 3 aromatic carbocycles. The molecule has 5 aliphatic rings. The zero-order valence-corrected chi connectivity index (χ0v) is 31.2. The molecule has 2 unspecified atom stereocenters. The number of unbranched alkanes of at least 4 members (excludes halogenated alkanes) is 1. The summed E-state index contributed by atoms with van der Waals surface area (Å²) in [7, 11) is 0. The van der Waals surface area contributed by atoms with Crippen LogP contribution in [0.4, 0.5) is 10.5 Å². The van der Waals surface area contributed by atoms with E-state index in [9.17, 15) is 19.5 Å². The largest absolute Gasteiger partial charge is 0.485 e. The molecule has 2 aliphatic heterocycles. The van der Waals surface area contributed by atoms with Gasteiger partial charge in [0.15, 0.2) is 11.5 Å². The van der Waals surface area contributed by atoms with Gasteiger partial charge in [-0.3, -0.25) is 10.2 Å². The van der Waals surface area contributed by atoms with Gasteiger partial charge in [-0.2, -0.15) is 0 Å². The number of anilines is 1. The number of aromatic carboxylic acids is 1. The van der Waals surface area contributed by atoms with Gasteiger partial charge in [-0.05, 0) is 129 Å². The standard InChI is InChI=1S/C41H46N2O8.C2H6/c1-3-4-5-33(44)30-21-31-32-20-27-12-17-34(36-35(27)41(31,37(51-36)23(30)2)18-19-43(32)22-24-6-7-24)50-40(48)42-28-13-8-26(9-14-28)39(47)49-29-15-10-25(11-16-29)38(45)46;1-2/h8-17,23-24,30-33,37,44H,3-7,18-22H2,1-2H3,(H,42,48)(H,45,46);1-2H3/t23?,30-,31?,32+,33-,37-,41-;/m1./s1. The first-order valence-corrected chi connectivity index (χ1v) is 19.6. The van der Waals surface area contributed by atoms with E-state index in [2.05, 4.69) is 30.1 Å². The predicted octanol–water partition coefficient (Wildman–Crippen LogP) is 8.10. The number of nitrogens with one attached hydrogen (secondary N) is 1. The highest BCUT2D eigenvalue weighted by Crippen LogP contribution is 2.66. The Hall–Kier alpha value is -4.41. The number of carbonyl (C=O) groups excluding carboxylic acids is 2. The Balaban J connectivity index is 0.00000214. The molecule has 1 amide bonds. The number of hydrogen-bond acceptors (Lipinski definition) is 8. The van der Waals surface area contributed by atoms with Crippen LogP contribution in [0.15, 0.2) is 60.7 Å². The molecule has 10 heteroatoms. The lowest BCUT2D eigenvalue weighted by Crippen LogP contribution is -2.67. The van der Waals surface area contributed by atoms with Crippen LogP contribution in [-0.4, -0.2) is 64.5 Å². The number of hydrogen-bond donors (Lipinski definition) is 3. The van der Waals surface area contributed by atoms with Gasteiger partial charge in [-0.15, -0.1) is 0 Å². The van der Waals surface area contributed by atoms with Crippen molar-refractivity contribution in [3.05, 3.63) is 82.9 Å². The van der Waals surface area contributed by atoms with Crippen molar-refractivity contribution >= 4 is 23.7 Å². The number of benzene rings is 3. The fourth-order valence-corrected chi connectivity index (χ4v) is 9.73. The maximum atomic E-state index is 13.3. The highest BCUT2D eigenvalue weighted by molar-refractivity contribution is 5.93. The average Bonchev–Trinajstić information content (AvgIpc) is 3.91. The normalized spacial score (nSPS) is 26.9. The number of likely N-dealkylation sites (tertiary alicyclic amines) is 1. The van der Waals surface area contributed by atoms with Crippen LogP contribution in [0.1, 0.15) is 104 Å². The van der Waals surface area contributed by atoms with Gasteiger partial charge in [0.25, 0.3) is 0 Å². The molecule has 3 aromatic rings. The molecule has 1 spiro atoms. The Bertz CT molecular complexity index is 1820. The van der Waals surface area contributed by atoms with Gasteiger partial charge in [0, 0.05) is 29.3 Å². The number of rotatable bonds is 11. The molecule has 8 rings (SSSR count). The molecule has 282 valence electrons. The number of aliphatic hydroxyl groups is 1. The number of ether oxygens (including phenoxy) is 3. The summed E-state index contributed by atoms with van der Waals surface area (Å²) >= 11 is 0.